The molecule has 1 amide bonds. The van der Waals surface area contributed by atoms with Crippen LogP contribution in [0.1, 0.15) is 6.92 Å². The summed E-state index contributed by atoms with van der Waals surface area (Å²) in [7, 11) is 1.19. The van der Waals surface area contributed by atoms with Gasteiger partial charge in [-0.25, -0.2) is 9.59 Å². The summed E-state index contributed by atoms with van der Waals surface area (Å²) in [6.07, 6.45) is 1.06. The summed E-state index contributed by atoms with van der Waals surface area (Å²) in [5.74, 6) is -2.78. The van der Waals surface area contributed by atoms with Gasteiger partial charge in [0, 0.05) is 24.3 Å². The van der Waals surface area contributed by atoms with Crippen molar-refractivity contribution in [2.75, 3.05) is 19.5 Å². The first-order valence-electron chi connectivity index (χ1n) is 6.20. The summed E-state index contributed by atoms with van der Waals surface area (Å²) < 4.78 is 9.28. The zero-order chi connectivity index (χ0) is 16.4. The predicted molar refractivity (Wildman–Crippen MR) is 74.5 cm³/mol. The quantitative estimate of drug-likeness (QED) is 0.433. The molecule has 0 aromatic carbocycles. The fourth-order valence-electron chi connectivity index (χ4n) is 2.10. The van der Waals surface area contributed by atoms with E-state index in [-0.39, 0.29) is 23.6 Å². The monoisotopic (exact) mass is 327 g/mol. The number of methoxy groups -OCH3 is 1. The van der Waals surface area contributed by atoms with E-state index in [0.29, 0.717) is 5.57 Å². The molecule has 2 rings (SSSR count). The smallest absolute Gasteiger partial charge is 0.352 e. The maximum atomic E-state index is 12.1. The van der Waals surface area contributed by atoms with Crippen LogP contribution in [0.25, 0.3) is 0 Å². The zero-order valence-corrected chi connectivity index (χ0v) is 12.6. The van der Waals surface area contributed by atoms with Crippen LogP contribution in [0.5, 0.6) is 0 Å². The van der Waals surface area contributed by atoms with E-state index in [4.69, 9.17) is 4.74 Å². The van der Waals surface area contributed by atoms with E-state index in [9.17, 15) is 24.3 Å². The molecular formula is C13H13NO7S. The van der Waals surface area contributed by atoms with Gasteiger partial charge in [-0.1, -0.05) is 0 Å². The minimum atomic E-state index is -1.28. The number of ether oxygens (including phenoxy) is 2. The first-order valence-corrected chi connectivity index (χ1v) is 7.25. The minimum absolute atomic E-state index is 0.184. The fraction of sp³-hybridized carbons (Fsp3) is 0.385. The van der Waals surface area contributed by atoms with Crippen molar-refractivity contribution < 1.29 is 33.8 Å². The molecule has 118 valence electrons. The third-order valence-electron chi connectivity index (χ3n) is 3.08. The molecule has 0 spiro atoms. The molecular weight excluding hydrogens is 314 g/mol. The number of carboxylic acid groups (broad SMARTS) is 1. The number of hydrogen-bond acceptors (Lipinski definition) is 7. The number of esters is 2. The number of carboxylic acids is 1. The summed E-state index contributed by atoms with van der Waals surface area (Å²) in [5, 5.41) is 8.77. The molecule has 0 saturated carbocycles. The van der Waals surface area contributed by atoms with E-state index in [1.165, 1.54) is 25.8 Å². The van der Waals surface area contributed by atoms with Crippen LogP contribution in [0.4, 0.5) is 0 Å². The van der Waals surface area contributed by atoms with E-state index >= 15 is 0 Å². The van der Waals surface area contributed by atoms with E-state index < -0.39 is 29.2 Å². The molecule has 0 radical (unpaired) electrons. The largest absolute Gasteiger partial charge is 0.477 e. The molecule has 2 aliphatic rings. The number of hydrogen-bond donors (Lipinski definition) is 1. The summed E-state index contributed by atoms with van der Waals surface area (Å²) in [4.78, 5) is 46.7. The molecule has 22 heavy (non-hydrogen) atoms. The first kappa shape index (κ1) is 16.1. The van der Waals surface area contributed by atoms with Crippen LogP contribution in [-0.4, -0.2) is 58.7 Å². The van der Waals surface area contributed by atoms with Crippen molar-refractivity contribution in [1.82, 2.24) is 4.90 Å². The molecule has 0 bridgehead atoms. The molecule has 1 saturated heterocycles. The van der Waals surface area contributed by atoms with Crippen LogP contribution in [0, 0.1) is 0 Å². The average Bonchev–Trinajstić information content (AvgIpc) is 2.48. The van der Waals surface area contributed by atoms with Crippen LogP contribution < -0.4 is 0 Å². The van der Waals surface area contributed by atoms with Crippen molar-refractivity contribution in [3.8, 4) is 0 Å². The van der Waals surface area contributed by atoms with Crippen LogP contribution in [0.15, 0.2) is 22.9 Å². The van der Waals surface area contributed by atoms with E-state index in [2.05, 4.69) is 4.74 Å². The second kappa shape index (κ2) is 6.22. The summed E-state index contributed by atoms with van der Waals surface area (Å²) in [6.45, 7) is 1.03. The number of aliphatic carboxylic acids is 1. The van der Waals surface area contributed by atoms with Gasteiger partial charge < -0.3 is 14.6 Å². The molecule has 0 unspecified atom stereocenters. The zero-order valence-electron chi connectivity index (χ0n) is 11.8. The highest BCUT2D eigenvalue weighted by Crippen LogP contribution is 2.43. The molecule has 8 nitrogen and oxygen atoms in total. The molecule has 0 aromatic heterocycles. The Morgan fingerprint density at radius 3 is 2.68 bits per heavy atom. The Morgan fingerprint density at radius 1 is 1.45 bits per heavy atom. The Morgan fingerprint density at radius 2 is 2.14 bits per heavy atom. The third kappa shape index (κ3) is 2.84. The number of amides is 1. The van der Waals surface area contributed by atoms with Gasteiger partial charge in [-0.3, -0.25) is 14.5 Å². The van der Waals surface area contributed by atoms with Gasteiger partial charge >= 0.3 is 17.9 Å². The predicted octanol–water partition coefficient (Wildman–Crippen LogP) is -0.0973. The Balaban J connectivity index is 2.28. The molecule has 0 aliphatic carbocycles. The second-order valence-corrected chi connectivity index (χ2v) is 5.57. The average molecular weight is 327 g/mol. The molecule has 2 aliphatic heterocycles. The molecule has 2 heterocycles. The fourth-order valence-corrected chi connectivity index (χ4v) is 3.38. The number of carbonyl (C=O) groups excluding carboxylic acids is 3. The Labute approximate surface area is 129 Å². The van der Waals surface area contributed by atoms with Crippen LogP contribution in [0.2, 0.25) is 0 Å². The number of thioether (sulfide) groups is 1. The van der Waals surface area contributed by atoms with Crippen molar-refractivity contribution in [1.29, 1.82) is 0 Å². The Bertz CT molecular complexity index is 622. The highest BCUT2D eigenvalue weighted by molar-refractivity contribution is 8.00. The molecule has 1 N–H and O–H groups in total. The third-order valence-corrected chi connectivity index (χ3v) is 4.38. The summed E-state index contributed by atoms with van der Waals surface area (Å²) in [6, 6.07) is 0. The van der Waals surface area contributed by atoms with Crippen molar-refractivity contribution in [3.05, 3.63) is 22.9 Å². The van der Waals surface area contributed by atoms with E-state index in [1.807, 2.05) is 0 Å². The van der Waals surface area contributed by atoms with Crippen LogP contribution >= 0.6 is 11.8 Å². The summed E-state index contributed by atoms with van der Waals surface area (Å²) in [5.41, 5.74) is 0.341. The number of β-lactam (4-membered cyclic amide) rings is 1. The second-order valence-electron chi connectivity index (χ2n) is 4.50. The van der Waals surface area contributed by atoms with Gasteiger partial charge in [-0.15, -0.1) is 11.8 Å². The SMILES string of the molecule is COC(=O)/C=C1/C(=O)N2C(C(=O)O)=C(COC(C)=O)CS[C@H]12. The van der Waals surface area contributed by atoms with Gasteiger partial charge in [-0.2, -0.15) is 0 Å². The van der Waals surface area contributed by atoms with Crippen molar-refractivity contribution in [2.45, 2.75) is 12.3 Å². The Hall–Kier alpha value is -2.29. The minimum Gasteiger partial charge on any atom is -0.477 e. The standard InChI is InChI=1S/C13H13NO7S/c1-6(15)21-4-7-5-22-12-8(3-9(16)20-2)11(17)14(12)10(7)13(18)19/h3,12H,4-5H2,1-2H3,(H,18,19)/b8-3-/t12-/m1/s1. The van der Waals surface area contributed by atoms with Crippen molar-refractivity contribution in [3.63, 3.8) is 0 Å². The number of rotatable bonds is 4. The van der Waals surface area contributed by atoms with Gasteiger partial charge in [0.1, 0.15) is 17.7 Å². The molecule has 1 fully saturated rings. The van der Waals surface area contributed by atoms with Gasteiger partial charge in [0.15, 0.2) is 0 Å². The van der Waals surface area contributed by atoms with Crippen molar-refractivity contribution >= 4 is 35.6 Å². The number of nitrogens with zero attached hydrogens (tertiary/aromatic N) is 1. The highest BCUT2D eigenvalue weighted by Gasteiger charge is 2.50. The lowest BCUT2D eigenvalue weighted by Crippen LogP contribution is -2.56. The maximum Gasteiger partial charge on any atom is 0.352 e. The number of fused-ring (bicyclic) bond motifs is 1. The first-order chi connectivity index (χ1) is 10.4. The van der Waals surface area contributed by atoms with Gasteiger partial charge in [0.05, 0.1) is 12.7 Å². The maximum absolute atomic E-state index is 12.1. The Kier molecular flexibility index (Phi) is 4.55. The summed E-state index contributed by atoms with van der Waals surface area (Å²) >= 11 is 1.27. The van der Waals surface area contributed by atoms with Gasteiger partial charge in [0.25, 0.3) is 5.91 Å². The van der Waals surface area contributed by atoms with E-state index in [1.54, 1.807) is 0 Å². The normalized spacial score (nSPS) is 22.1. The number of carbonyl (C=O) groups is 4. The lowest BCUT2D eigenvalue weighted by atomic mass is 10.0. The topological polar surface area (TPSA) is 110 Å². The van der Waals surface area contributed by atoms with Crippen LogP contribution in [-0.2, 0) is 28.7 Å². The lowest BCUT2D eigenvalue weighted by molar-refractivity contribution is -0.143. The molecule has 9 heteroatoms. The van der Waals surface area contributed by atoms with Gasteiger partial charge in [0.2, 0.25) is 0 Å². The van der Waals surface area contributed by atoms with Crippen molar-refractivity contribution in [2.24, 2.45) is 0 Å². The highest BCUT2D eigenvalue weighted by atomic mass is 32.2. The molecule has 1 atom stereocenters. The molecule has 0 aromatic rings. The van der Waals surface area contributed by atoms with Gasteiger partial charge in [-0.05, 0) is 0 Å². The lowest BCUT2D eigenvalue weighted by Gasteiger charge is -2.45. The van der Waals surface area contributed by atoms with Crippen LogP contribution in [0.3, 0.4) is 0 Å². The van der Waals surface area contributed by atoms with E-state index in [0.717, 1.165) is 11.0 Å².